The largest absolute Gasteiger partial charge is 0.455 e. The van der Waals surface area contributed by atoms with Crippen LogP contribution in [0.3, 0.4) is 0 Å². The van der Waals surface area contributed by atoms with E-state index in [0.29, 0.717) is 23.0 Å². The molecule has 4 rings (SSSR count). The lowest BCUT2D eigenvalue weighted by atomic mass is 10.1. The normalized spacial score (nSPS) is 13.4. The summed E-state index contributed by atoms with van der Waals surface area (Å²) in [6.45, 7) is 4.51. The first-order valence-corrected chi connectivity index (χ1v) is 10.3. The van der Waals surface area contributed by atoms with E-state index in [0.717, 1.165) is 16.6 Å². The van der Waals surface area contributed by atoms with E-state index in [1.54, 1.807) is 0 Å². The van der Waals surface area contributed by atoms with E-state index in [4.69, 9.17) is 4.74 Å². The van der Waals surface area contributed by atoms with Crippen molar-refractivity contribution in [2.24, 2.45) is 5.92 Å². The number of hydrogen-bond donors (Lipinski definition) is 0. The van der Waals surface area contributed by atoms with Crippen molar-refractivity contribution in [3.8, 4) is 0 Å². The second-order valence-corrected chi connectivity index (χ2v) is 8.47. The minimum atomic E-state index is -0.548. The fourth-order valence-electron chi connectivity index (χ4n) is 3.20. The van der Waals surface area contributed by atoms with Crippen LogP contribution in [-0.2, 0) is 11.3 Å². The molecule has 29 heavy (non-hydrogen) atoms. The molecule has 0 unspecified atom stereocenters. The van der Waals surface area contributed by atoms with Crippen LogP contribution in [0.2, 0.25) is 0 Å². The number of fused-ring (bicyclic) bond motifs is 2. The van der Waals surface area contributed by atoms with Crippen LogP contribution < -0.4 is 0 Å². The maximum absolute atomic E-state index is 12.6. The van der Waals surface area contributed by atoms with Crippen molar-refractivity contribution in [3.63, 3.8) is 0 Å². The summed E-state index contributed by atoms with van der Waals surface area (Å²) in [5.74, 6) is -0.827. The molecule has 6 nitrogen and oxygen atoms in total. The molecule has 7 heteroatoms. The monoisotopic (exact) mass is 408 g/mol. The van der Waals surface area contributed by atoms with E-state index in [1.807, 2.05) is 38.1 Å². The fraction of sp³-hybridized carbons (Fsp3) is 0.273. The van der Waals surface area contributed by atoms with Gasteiger partial charge in [0.1, 0.15) is 11.6 Å². The van der Waals surface area contributed by atoms with Gasteiger partial charge < -0.3 is 4.74 Å². The zero-order valence-electron chi connectivity index (χ0n) is 16.2. The molecule has 1 aliphatic rings. The second-order valence-electron chi connectivity index (χ2n) is 7.36. The van der Waals surface area contributed by atoms with E-state index in [9.17, 15) is 14.4 Å². The number of rotatable bonds is 6. The molecular weight excluding hydrogens is 388 g/mol. The summed E-state index contributed by atoms with van der Waals surface area (Å²) in [5, 5.41) is 0.701. The summed E-state index contributed by atoms with van der Waals surface area (Å²) in [6, 6.07) is 12.2. The maximum atomic E-state index is 12.6. The van der Waals surface area contributed by atoms with Gasteiger partial charge in [-0.05, 0) is 42.7 Å². The van der Waals surface area contributed by atoms with Gasteiger partial charge in [-0.3, -0.25) is 14.5 Å². The molecule has 2 aromatic carbocycles. The lowest BCUT2D eigenvalue weighted by molar-refractivity contribution is 0.0472. The number of benzene rings is 2. The fourth-order valence-corrected chi connectivity index (χ4v) is 4.08. The van der Waals surface area contributed by atoms with Crippen molar-refractivity contribution in [3.05, 3.63) is 64.2 Å². The quantitative estimate of drug-likeness (QED) is 0.449. The van der Waals surface area contributed by atoms with Gasteiger partial charge in [-0.25, -0.2) is 9.78 Å². The Kier molecular flexibility index (Phi) is 5.15. The van der Waals surface area contributed by atoms with Crippen molar-refractivity contribution >= 4 is 39.3 Å². The Morgan fingerprint density at radius 2 is 1.86 bits per heavy atom. The number of hydrogen-bond acceptors (Lipinski definition) is 6. The number of aromatic nitrogens is 1. The molecule has 0 radical (unpaired) electrons. The summed E-state index contributed by atoms with van der Waals surface area (Å²) in [6.07, 6.45) is 0.739. The van der Waals surface area contributed by atoms with Gasteiger partial charge in [-0.1, -0.05) is 26.0 Å². The Bertz CT molecular complexity index is 1090. The molecule has 2 amide bonds. The highest BCUT2D eigenvalue weighted by atomic mass is 32.1. The van der Waals surface area contributed by atoms with Gasteiger partial charge in [-0.15, -0.1) is 11.3 Å². The van der Waals surface area contributed by atoms with Crippen LogP contribution >= 0.6 is 11.3 Å². The van der Waals surface area contributed by atoms with Crippen molar-refractivity contribution in [2.45, 2.75) is 26.9 Å². The Morgan fingerprint density at radius 3 is 2.62 bits per heavy atom. The molecule has 0 spiro atoms. The van der Waals surface area contributed by atoms with Crippen molar-refractivity contribution in [1.82, 2.24) is 9.88 Å². The number of ether oxygens (including phenoxy) is 1. The van der Waals surface area contributed by atoms with E-state index < -0.39 is 5.97 Å². The summed E-state index contributed by atoms with van der Waals surface area (Å²) in [7, 11) is 0. The molecular formula is C22H20N2O4S. The van der Waals surface area contributed by atoms with Crippen LogP contribution in [0.4, 0.5) is 0 Å². The predicted molar refractivity (Wildman–Crippen MR) is 110 cm³/mol. The van der Waals surface area contributed by atoms with E-state index in [-0.39, 0.29) is 29.5 Å². The highest BCUT2D eigenvalue weighted by Crippen LogP contribution is 2.26. The third kappa shape index (κ3) is 3.78. The van der Waals surface area contributed by atoms with E-state index in [2.05, 4.69) is 4.98 Å². The zero-order chi connectivity index (χ0) is 20.5. The lowest BCUT2D eigenvalue weighted by Gasteiger charge is -2.14. The first kappa shape index (κ1) is 19.3. The molecule has 0 atom stereocenters. The third-order valence-electron chi connectivity index (χ3n) is 4.80. The number of amides is 2. The summed E-state index contributed by atoms with van der Waals surface area (Å²) >= 11 is 1.47. The average Bonchev–Trinajstić information content (AvgIpc) is 3.23. The van der Waals surface area contributed by atoms with E-state index in [1.165, 1.54) is 34.4 Å². The number of para-hydroxylation sites is 1. The molecule has 0 saturated carbocycles. The van der Waals surface area contributed by atoms with Crippen LogP contribution in [0, 0.1) is 5.92 Å². The summed E-state index contributed by atoms with van der Waals surface area (Å²) in [4.78, 5) is 43.2. The minimum Gasteiger partial charge on any atom is -0.455 e. The molecule has 1 aliphatic heterocycles. The van der Waals surface area contributed by atoms with Gasteiger partial charge in [0.25, 0.3) is 11.8 Å². The molecule has 0 fully saturated rings. The van der Waals surface area contributed by atoms with Gasteiger partial charge in [0.15, 0.2) is 0 Å². The summed E-state index contributed by atoms with van der Waals surface area (Å²) < 4.78 is 6.40. The molecule has 1 aromatic heterocycles. The number of carbonyl (C=O) groups excluding carboxylic acids is 3. The Morgan fingerprint density at radius 1 is 1.10 bits per heavy atom. The zero-order valence-corrected chi connectivity index (χ0v) is 17.0. The van der Waals surface area contributed by atoms with Crippen LogP contribution in [0.25, 0.3) is 10.2 Å². The van der Waals surface area contributed by atoms with Gasteiger partial charge >= 0.3 is 5.97 Å². The first-order chi connectivity index (χ1) is 13.9. The molecule has 0 saturated heterocycles. The Labute approximate surface area is 172 Å². The Hall–Kier alpha value is -3.06. The minimum absolute atomic E-state index is 0.0582. The number of carbonyl (C=O) groups is 3. The first-order valence-electron chi connectivity index (χ1n) is 9.46. The van der Waals surface area contributed by atoms with Gasteiger partial charge in [-0.2, -0.15) is 0 Å². The standard InChI is InChI=1S/C22H20N2O4S/c1-13(2)9-10-24-20(25)15-8-7-14(11-16(15)21(24)26)22(27)28-12-19-23-17-5-3-4-6-18(17)29-19/h3-8,11,13H,9-10,12H2,1-2H3. The number of thiazole rings is 1. The average molecular weight is 408 g/mol. The molecule has 0 aliphatic carbocycles. The predicted octanol–water partition coefficient (Wildman–Crippen LogP) is 4.30. The number of nitrogens with zero attached hydrogens (tertiary/aromatic N) is 2. The molecule has 3 aromatic rings. The van der Waals surface area contributed by atoms with Crippen molar-refractivity contribution in [2.75, 3.05) is 6.54 Å². The molecule has 0 N–H and O–H groups in total. The number of imide groups is 1. The van der Waals surface area contributed by atoms with Crippen molar-refractivity contribution in [1.29, 1.82) is 0 Å². The van der Waals surface area contributed by atoms with Gasteiger partial charge in [0, 0.05) is 6.54 Å². The van der Waals surface area contributed by atoms with Crippen LogP contribution in [0.15, 0.2) is 42.5 Å². The number of esters is 1. The lowest BCUT2D eigenvalue weighted by Crippen LogP contribution is -2.31. The Balaban J connectivity index is 1.47. The molecule has 0 bridgehead atoms. The third-order valence-corrected chi connectivity index (χ3v) is 5.81. The van der Waals surface area contributed by atoms with Crippen LogP contribution in [0.1, 0.15) is 56.3 Å². The topological polar surface area (TPSA) is 76.6 Å². The van der Waals surface area contributed by atoms with Gasteiger partial charge in [0.05, 0.1) is 26.9 Å². The van der Waals surface area contributed by atoms with Crippen molar-refractivity contribution < 1.29 is 19.1 Å². The van der Waals surface area contributed by atoms with Gasteiger partial charge in [0.2, 0.25) is 0 Å². The van der Waals surface area contributed by atoms with Crippen LogP contribution in [0.5, 0.6) is 0 Å². The second kappa shape index (κ2) is 7.75. The van der Waals surface area contributed by atoms with Crippen LogP contribution in [-0.4, -0.2) is 34.2 Å². The van der Waals surface area contributed by atoms with E-state index >= 15 is 0 Å². The smallest absolute Gasteiger partial charge is 0.338 e. The maximum Gasteiger partial charge on any atom is 0.338 e. The summed E-state index contributed by atoms with van der Waals surface area (Å²) in [5.41, 5.74) is 1.71. The molecule has 148 valence electrons. The SMILES string of the molecule is CC(C)CCN1C(=O)c2ccc(C(=O)OCc3nc4ccccc4s3)cc2C1=O. The highest BCUT2D eigenvalue weighted by molar-refractivity contribution is 7.18. The highest BCUT2D eigenvalue weighted by Gasteiger charge is 2.35. The molecule has 2 heterocycles.